The van der Waals surface area contributed by atoms with Gasteiger partial charge in [-0.25, -0.2) is 0 Å². The Labute approximate surface area is 104 Å². The van der Waals surface area contributed by atoms with E-state index in [1.54, 1.807) is 0 Å². The predicted octanol–water partition coefficient (Wildman–Crippen LogP) is 3.01. The molecule has 0 saturated carbocycles. The molecule has 2 nitrogen and oxygen atoms in total. The van der Waals surface area contributed by atoms with Crippen LogP contribution in [0.5, 0.6) is 0 Å². The molecule has 1 N–H and O–H groups in total. The summed E-state index contributed by atoms with van der Waals surface area (Å²) in [4.78, 5) is 11.6. The van der Waals surface area contributed by atoms with Crippen LogP contribution < -0.4 is 5.32 Å². The van der Waals surface area contributed by atoms with Crippen molar-refractivity contribution in [3.8, 4) is 0 Å². The molecule has 0 bridgehead atoms. The minimum atomic E-state index is 0.137. The summed E-state index contributed by atoms with van der Waals surface area (Å²) in [6.45, 7) is 4.80. The summed E-state index contributed by atoms with van der Waals surface area (Å²) >= 11 is 0. The lowest BCUT2D eigenvalue weighted by Gasteiger charge is -2.06. The zero-order chi connectivity index (χ0) is 12.5. The van der Waals surface area contributed by atoms with Crippen molar-refractivity contribution in [2.45, 2.75) is 33.1 Å². The largest absolute Gasteiger partial charge is 0.356 e. The first-order chi connectivity index (χ1) is 8.24. The smallest absolute Gasteiger partial charge is 0.220 e. The Hall–Kier alpha value is -1.57. The highest BCUT2D eigenvalue weighted by Gasteiger charge is 2.02. The van der Waals surface area contributed by atoms with Gasteiger partial charge in [0.2, 0.25) is 5.91 Å². The van der Waals surface area contributed by atoms with Crippen molar-refractivity contribution in [2.24, 2.45) is 0 Å². The van der Waals surface area contributed by atoms with Crippen molar-refractivity contribution in [1.82, 2.24) is 5.32 Å². The van der Waals surface area contributed by atoms with Crippen LogP contribution in [-0.4, -0.2) is 12.5 Å². The molecule has 1 aromatic carbocycles. The fourth-order valence-corrected chi connectivity index (χ4v) is 1.69. The van der Waals surface area contributed by atoms with Crippen LogP contribution in [0.15, 0.2) is 36.4 Å². The van der Waals surface area contributed by atoms with Crippen molar-refractivity contribution in [2.75, 3.05) is 6.54 Å². The van der Waals surface area contributed by atoms with Gasteiger partial charge in [-0.1, -0.05) is 36.4 Å². The number of benzene rings is 1. The number of hydrogen-bond acceptors (Lipinski definition) is 1. The molecular formula is C15H21NO. The first kappa shape index (κ1) is 13.5. The molecule has 2 heteroatoms. The second kappa shape index (κ2) is 7.66. The van der Waals surface area contributed by atoms with Gasteiger partial charge in [0.1, 0.15) is 0 Å². The fraction of sp³-hybridized carbons (Fsp3) is 0.400. The highest BCUT2D eigenvalue weighted by atomic mass is 16.1. The van der Waals surface area contributed by atoms with Gasteiger partial charge >= 0.3 is 0 Å². The molecule has 1 amide bonds. The molecular weight excluding hydrogens is 210 g/mol. The summed E-state index contributed by atoms with van der Waals surface area (Å²) in [7, 11) is 0. The molecule has 0 unspecified atom stereocenters. The van der Waals surface area contributed by atoms with Crippen LogP contribution >= 0.6 is 0 Å². The molecule has 0 fully saturated rings. The molecule has 0 saturated heterocycles. The molecule has 0 aliphatic rings. The van der Waals surface area contributed by atoms with E-state index in [0.717, 1.165) is 19.4 Å². The minimum Gasteiger partial charge on any atom is -0.356 e. The Kier molecular flexibility index (Phi) is 6.08. The van der Waals surface area contributed by atoms with E-state index in [0.29, 0.717) is 6.42 Å². The lowest BCUT2D eigenvalue weighted by molar-refractivity contribution is -0.121. The summed E-state index contributed by atoms with van der Waals surface area (Å²) in [6, 6.07) is 8.21. The van der Waals surface area contributed by atoms with Crippen molar-refractivity contribution < 1.29 is 4.79 Å². The maximum Gasteiger partial charge on any atom is 0.220 e. The Balaban J connectivity index is 2.26. The number of allylic oxidation sites excluding steroid dienone is 1. The molecule has 0 radical (unpaired) electrons. The molecule has 0 aromatic heterocycles. The van der Waals surface area contributed by atoms with Crippen molar-refractivity contribution >= 4 is 5.91 Å². The Morgan fingerprint density at radius 2 is 2.12 bits per heavy atom. The van der Waals surface area contributed by atoms with Crippen molar-refractivity contribution in [1.29, 1.82) is 0 Å². The molecule has 0 aliphatic carbocycles. The van der Waals surface area contributed by atoms with Gasteiger partial charge in [0.05, 0.1) is 0 Å². The third-order valence-electron chi connectivity index (χ3n) is 2.75. The van der Waals surface area contributed by atoms with E-state index in [4.69, 9.17) is 0 Å². The van der Waals surface area contributed by atoms with E-state index in [2.05, 4.69) is 30.4 Å². The molecule has 0 heterocycles. The van der Waals surface area contributed by atoms with E-state index < -0.39 is 0 Å². The van der Waals surface area contributed by atoms with E-state index in [9.17, 15) is 4.79 Å². The van der Waals surface area contributed by atoms with Gasteiger partial charge in [-0.3, -0.25) is 4.79 Å². The van der Waals surface area contributed by atoms with Crippen LogP contribution in [0.1, 0.15) is 30.9 Å². The third kappa shape index (κ3) is 5.34. The quantitative estimate of drug-likeness (QED) is 0.592. The molecule has 17 heavy (non-hydrogen) atoms. The molecule has 1 aromatic rings. The number of hydrogen-bond donors (Lipinski definition) is 1. The molecule has 1 rings (SSSR count). The predicted molar refractivity (Wildman–Crippen MR) is 71.9 cm³/mol. The summed E-state index contributed by atoms with van der Waals surface area (Å²) in [6.07, 6.45) is 6.36. The van der Waals surface area contributed by atoms with Gasteiger partial charge in [-0.15, -0.1) is 0 Å². The Morgan fingerprint density at radius 1 is 1.35 bits per heavy atom. The highest BCUT2D eigenvalue weighted by Crippen LogP contribution is 2.09. The van der Waals surface area contributed by atoms with Crippen LogP contribution in [0.25, 0.3) is 0 Å². The van der Waals surface area contributed by atoms with Gasteiger partial charge in [0.25, 0.3) is 0 Å². The highest BCUT2D eigenvalue weighted by molar-refractivity contribution is 5.76. The normalized spacial score (nSPS) is 10.7. The van der Waals surface area contributed by atoms with E-state index >= 15 is 0 Å². The third-order valence-corrected chi connectivity index (χ3v) is 2.75. The topological polar surface area (TPSA) is 29.1 Å². The standard InChI is InChI=1S/C15H21NO/c1-3-4-7-12-16-15(17)11-10-14-9-6-5-8-13(14)2/h3-6,8-9H,7,10-12H2,1-2H3,(H,16,17)/b4-3+. The number of carbonyl (C=O) groups excluding carboxylic acids is 1. The second-order valence-electron chi connectivity index (χ2n) is 4.13. The molecule has 0 spiro atoms. The summed E-state index contributed by atoms with van der Waals surface area (Å²) in [5, 5.41) is 2.92. The number of amides is 1. The lowest BCUT2D eigenvalue weighted by Crippen LogP contribution is -2.24. The first-order valence-electron chi connectivity index (χ1n) is 6.16. The molecule has 0 aliphatic heterocycles. The zero-order valence-electron chi connectivity index (χ0n) is 10.7. The Morgan fingerprint density at radius 3 is 2.82 bits per heavy atom. The summed E-state index contributed by atoms with van der Waals surface area (Å²) in [5.41, 5.74) is 2.52. The van der Waals surface area contributed by atoms with Crippen LogP contribution in [0.4, 0.5) is 0 Å². The van der Waals surface area contributed by atoms with Crippen molar-refractivity contribution in [3.63, 3.8) is 0 Å². The summed E-state index contributed by atoms with van der Waals surface area (Å²) < 4.78 is 0. The van der Waals surface area contributed by atoms with Crippen LogP contribution in [0.3, 0.4) is 0 Å². The molecule has 92 valence electrons. The fourth-order valence-electron chi connectivity index (χ4n) is 1.69. The van der Waals surface area contributed by atoms with Crippen LogP contribution in [0.2, 0.25) is 0 Å². The second-order valence-corrected chi connectivity index (χ2v) is 4.13. The van der Waals surface area contributed by atoms with Crippen LogP contribution in [0, 0.1) is 6.92 Å². The van der Waals surface area contributed by atoms with Gasteiger partial charge in [0.15, 0.2) is 0 Å². The van der Waals surface area contributed by atoms with E-state index in [1.807, 2.05) is 25.1 Å². The minimum absolute atomic E-state index is 0.137. The lowest BCUT2D eigenvalue weighted by atomic mass is 10.0. The van der Waals surface area contributed by atoms with Gasteiger partial charge in [-0.2, -0.15) is 0 Å². The maximum atomic E-state index is 11.6. The number of aryl methyl sites for hydroxylation is 2. The number of carbonyl (C=O) groups is 1. The monoisotopic (exact) mass is 231 g/mol. The maximum absolute atomic E-state index is 11.6. The van der Waals surface area contributed by atoms with Crippen LogP contribution in [-0.2, 0) is 11.2 Å². The van der Waals surface area contributed by atoms with E-state index in [-0.39, 0.29) is 5.91 Å². The average molecular weight is 231 g/mol. The van der Waals surface area contributed by atoms with Crippen molar-refractivity contribution in [3.05, 3.63) is 47.5 Å². The van der Waals surface area contributed by atoms with Gasteiger partial charge in [0, 0.05) is 13.0 Å². The average Bonchev–Trinajstić information content (AvgIpc) is 2.34. The SMILES string of the molecule is C/C=C/CCNC(=O)CCc1ccccc1C. The number of nitrogens with one attached hydrogen (secondary N) is 1. The first-order valence-corrected chi connectivity index (χ1v) is 6.16. The molecule has 0 atom stereocenters. The van der Waals surface area contributed by atoms with Gasteiger partial charge in [-0.05, 0) is 37.8 Å². The van der Waals surface area contributed by atoms with E-state index in [1.165, 1.54) is 11.1 Å². The Bertz CT molecular complexity index is 382. The summed E-state index contributed by atoms with van der Waals surface area (Å²) in [5.74, 6) is 0.137. The zero-order valence-corrected chi connectivity index (χ0v) is 10.7. The van der Waals surface area contributed by atoms with Gasteiger partial charge < -0.3 is 5.32 Å². The number of rotatable bonds is 6.